The molecule has 1 atom stereocenters. The third kappa shape index (κ3) is 7.43. The Bertz CT molecular complexity index is 492. The van der Waals surface area contributed by atoms with Crippen LogP contribution in [-0.4, -0.2) is 37.7 Å². The molecule has 0 spiro atoms. The van der Waals surface area contributed by atoms with Crippen molar-refractivity contribution in [3.63, 3.8) is 0 Å². The van der Waals surface area contributed by atoms with E-state index in [9.17, 15) is 0 Å². The summed E-state index contributed by atoms with van der Waals surface area (Å²) in [6, 6.07) is 7.72. The molecular weight excluding hydrogens is 286 g/mol. The zero-order valence-corrected chi connectivity index (χ0v) is 13.2. The maximum atomic E-state index is 5.45. The number of rotatable bonds is 8. The number of benzene rings is 1. The van der Waals surface area contributed by atoms with E-state index in [1.165, 1.54) is 0 Å². The molecule has 6 heteroatoms. The van der Waals surface area contributed by atoms with Gasteiger partial charge in [-0.3, -0.25) is 5.43 Å². The summed E-state index contributed by atoms with van der Waals surface area (Å²) in [6.45, 7) is 6.64. The molecular formula is C15H21N3O2S. The molecule has 0 radical (unpaired) electrons. The van der Waals surface area contributed by atoms with Crippen molar-refractivity contribution in [2.24, 2.45) is 5.10 Å². The summed E-state index contributed by atoms with van der Waals surface area (Å²) < 4.78 is 10.5. The maximum Gasteiger partial charge on any atom is 0.187 e. The normalized spacial score (nSPS) is 11.9. The van der Waals surface area contributed by atoms with Crippen LogP contribution in [0.25, 0.3) is 0 Å². The minimum absolute atomic E-state index is 0.126. The van der Waals surface area contributed by atoms with Gasteiger partial charge < -0.3 is 14.8 Å². The molecule has 0 aliphatic carbocycles. The van der Waals surface area contributed by atoms with Gasteiger partial charge in [0.1, 0.15) is 12.4 Å². The second kappa shape index (κ2) is 9.90. The third-order valence-electron chi connectivity index (χ3n) is 2.40. The molecule has 0 saturated carbocycles. The molecule has 1 aromatic rings. The fourth-order valence-electron chi connectivity index (χ4n) is 1.55. The Morgan fingerprint density at radius 1 is 1.52 bits per heavy atom. The van der Waals surface area contributed by atoms with Crippen LogP contribution in [0.5, 0.6) is 5.75 Å². The van der Waals surface area contributed by atoms with Gasteiger partial charge >= 0.3 is 0 Å². The SMILES string of the molecule is C=CCOc1cccc(/C=N\NC(=S)N[C@H](C)COC)c1. The summed E-state index contributed by atoms with van der Waals surface area (Å²) in [5.41, 5.74) is 3.67. The quantitative estimate of drug-likeness (QED) is 0.333. The van der Waals surface area contributed by atoms with Crippen molar-refractivity contribution in [1.82, 2.24) is 10.7 Å². The van der Waals surface area contributed by atoms with E-state index in [4.69, 9.17) is 21.7 Å². The van der Waals surface area contributed by atoms with E-state index < -0.39 is 0 Å². The Morgan fingerprint density at radius 2 is 2.33 bits per heavy atom. The number of nitrogens with zero attached hydrogens (tertiary/aromatic N) is 1. The van der Waals surface area contributed by atoms with Crippen LogP contribution >= 0.6 is 12.2 Å². The average Bonchev–Trinajstić information content (AvgIpc) is 2.45. The Balaban J connectivity index is 2.45. The highest BCUT2D eigenvalue weighted by molar-refractivity contribution is 7.80. The van der Waals surface area contributed by atoms with E-state index >= 15 is 0 Å². The van der Waals surface area contributed by atoms with Gasteiger partial charge in [-0.2, -0.15) is 5.10 Å². The second-order valence-corrected chi connectivity index (χ2v) is 4.78. The van der Waals surface area contributed by atoms with Gasteiger partial charge in [0, 0.05) is 13.2 Å². The number of hydrazone groups is 1. The molecule has 21 heavy (non-hydrogen) atoms. The second-order valence-electron chi connectivity index (χ2n) is 4.37. The molecule has 0 aromatic heterocycles. The lowest BCUT2D eigenvalue weighted by Crippen LogP contribution is -2.40. The molecule has 0 amide bonds. The molecule has 0 saturated heterocycles. The van der Waals surface area contributed by atoms with Gasteiger partial charge in [-0.05, 0) is 36.8 Å². The van der Waals surface area contributed by atoms with E-state index in [2.05, 4.69) is 22.4 Å². The van der Waals surface area contributed by atoms with E-state index in [-0.39, 0.29) is 6.04 Å². The number of methoxy groups -OCH3 is 1. The standard InChI is InChI=1S/C15H21N3O2S/c1-4-8-20-14-7-5-6-13(9-14)10-16-18-15(21)17-12(2)11-19-3/h4-7,9-10,12H,1,8,11H2,2-3H3,(H2,17,18,21)/b16-10-/t12-/m1/s1. The summed E-state index contributed by atoms with van der Waals surface area (Å²) in [5, 5.41) is 7.59. The minimum Gasteiger partial charge on any atom is -0.490 e. The van der Waals surface area contributed by atoms with Crippen molar-refractivity contribution in [2.45, 2.75) is 13.0 Å². The number of nitrogens with one attached hydrogen (secondary N) is 2. The molecule has 0 fully saturated rings. The molecule has 1 aromatic carbocycles. The number of hydrogen-bond donors (Lipinski definition) is 2. The first-order chi connectivity index (χ1) is 10.2. The number of ether oxygens (including phenoxy) is 2. The molecule has 5 nitrogen and oxygen atoms in total. The highest BCUT2D eigenvalue weighted by Crippen LogP contribution is 2.11. The van der Waals surface area contributed by atoms with Crippen molar-refractivity contribution >= 4 is 23.5 Å². The molecule has 0 aliphatic heterocycles. The molecule has 0 aliphatic rings. The first-order valence-electron chi connectivity index (χ1n) is 6.58. The molecule has 0 unspecified atom stereocenters. The lowest BCUT2D eigenvalue weighted by molar-refractivity contribution is 0.179. The monoisotopic (exact) mass is 307 g/mol. The molecule has 2 N–H and O–H groups in total. The van der Waals surface area contributed by atoms with Crippen LogP contribution in [-0.2, 0) is 4.74 Å². The van der Waals surface area contributed by atoms with E-state index in [1.54, 1.807) is 19.4 Å². The van der Waals surface area contributed by atoms with Crippen LogP contribution in [0.3, 0.4) is 0 Å². The predicted molar refractivity (Wildman–Crippen MR) is 89.9 cm³/mol. The number of hydrogen-bond acceptors (Lipinski definition) is 4. The fraction of sp³-hybridized carbons (Fsp3) is 0.333. The summed E-state index contributed by atoms with van der Waals surface area (Å²) in [7, 11) is 1.65. The van der Waals surface area contributed by atoms with Crippen LogP contribution in [0.1, 0.15) is 12.5 Å². The van der Waals surface area contributed by atoms with Crippen LogP contribution in [0.15, 0.2) is 42.0 Å². The van der Waals surface area contributed by atoms with Crippen molar-refractivity contribution in [2.75, 3.05) is 20.3 Å². The largest absolute Gasteiger partial charge is 0.490 e. The van der Waals surface area contributed by atoms with Gasteiger partial charge in [0.05, 0.1) is 12.8 Å². The van der Waals surface area contributed by atoms with Crippen molar-refractivity contribution in [1.29, 1.82) is 0 Å². The van der Waals surface area contributed by atoms with Gasteiger partial charge in [-0.15, -0.1) is 0 Å². The van der Waals surface area contributed by atoms with E-state index in [0.29, 0.717) is 18.3 Å². The van der Waals surface area contributed by atoms with Gasteiger partial charge in [0.25, 0.3) is 0 Å². The Morgan fingerprint density at radius 3 is 3.05 bits per heavy atom. The van der Waals surface area contributed by atoms with Crippen LogP contribution in [0.2, 0.25) is 0 Å². The van der Waals surface area contributed by atoms with E-state index in [1.807, 2.05) is 31.2 Å². The van der Waals surface area contributed by atoms with Crippen molar-refractivity contribution < 1.29 is 9.47 Å². The Labute approximate surface area is 131 Å². The fourth-order valence-corrected chi connectivity index (χ4v) is 1.81. The molecule has 1 rings (SSSR count). The first kappa shape index (κ1) is 17.1. The van der Waals surface area contributed by atoms with Crippen molar-refractivity contribution in [3.05, 3.63) is 42.5 Å². The molecule has 0 heterocycles. The molecule has 0 bridgehead atoms. The first-order valence-corrected chi connectivity index (χ1v) is 6.98. The van der Waals surface area contributed by atoms with E-state index in [0.717, 1.165) is 11.3 Å². The van der Waals surface area contributed by atoms with Crippen molar-refractivity contribution in [3.8, 4) is 5.75 Å². The number of thiocarbonyl (C=S) groups is 1. The average molecular weight is 307 g/mol. The lowest BCUT2D eigenvalue weighted by Gasteiger charge is -2.13. The lowest BCUT2D eigenvalue weighted by atomic mass is 10.2. The highest BCUT2D eigenvalue weighted by Gasteiger charge is 2.01. The maximum absolute atomic E-state index is 5.45. The van der Waals surface area contributed by atoms with Gasteiger partial charge in [-0.25, -0.2) is 0 Å². The summed E-state index contributed by atoms with van der Waals surface area (Å²) >= 11 is 5.12. The van der Waals surface area contributed by atoms with Crippen LogP contribution < -0.4 is 15.5 Å². The minimum atomic E-state index is 0.126. The zero-order valence-electron chi connectivity index (χ0n) is 12.3. The smallest absolute Gasteiger partial charge is 0.187 e. The summed E-state index contributed by atoms with van der Waals surface area (Å²) in [5.74, 6) is 0.772. The van der Waals surface area contributed by atoms with Gasteiger partial charge in [0.15, 0.2) is 5.11 Å². The predicted octanol–water partition coefficient (Wildman–Crippen LogP) is 2.08. The molecule has 114 valence electrons. The third-order valence-corrected chi connectivity index (χ3v) is 2.61. The summed E-state index contributed by atoms with van der Waals surface area (Å²) in [4.78, 5) is 0. The highest BCUT2D eigenvalue weighted by atomic mass is 32.1. The van der Waals surface area contributed by atoms with Crippen LogP contribution in [0.4, 0.5) is 0 Å². The van der Waals surface area contributed by atoms with Crippen LogP contribution in [0, 0.1) is 0 Å². The Hall–Kier alpha value is -1.92. The summed E-state index contributed by atoms with van der Waals surface area (Å²) in [6.07, 6.45) is 3.38. The van der Waals surface area contributed by atoms with Gasteiger partial charge in [0.2, 0.25) is 0 Å². The Kier molecular flexibility index (Phi) is 8.08. The zero-order chi connectivity index (χ0) is 15.5. The van der Waals surface area contributed by atoms with Gasteiger partial charge in [-0.1, -0.05) is 24.8 Å². The topological polar surface area (TPSA) is 54.9 Å².